The zero-order valence-electron chi connectivity index (χ0n) is 13.3. The van der Waals surface area contributed by atoms with Gasteiger partial charge in [-0.25, -0.2) is 0 Å². The molecule has 0 fully saturated rings. The van der Waals surface area contributed by atoms with Gasteiger partial charge in [-0.3, -0.25) is 0 Å². The summed E-state index contributed by atoms with van der Waals surface area (Å²) in [5, 5.41) is 5.63. The molecule has 0 aliphatic heterocycles. The SMILES string of the molecule is CC(NCc1cccc(C(F)(F)F)c1)c1cccc2ccccc12. The van der Waals surface area contributed by atoms with Crippen molar-refractivity contribution in [1.29, 1.82) is 0 Å². The zero-order chi connectivity index (χ0) is 17.2. The second-order valence-corrected chi connectivity index (χ2v) is 5.87. The summed E-state index contributed by atoms with van der Waals surface area (Å²) in [6.45, 7) is 2.41. The molecule has 1 atom stereocenters. The van der Waals surface area contributed by atoms with Crippen LogP contribution in [0.4, 0.5) is 13.2 Å². The number of hydrogen-bond acceptors (Lipinski definition) is 1. The second-order valence-electron chi connectivity index (χ2n) is 5.87. The van der Waals surface area contributed by atoms with Crippen LogP contribution >= 0.6 is 0 Å². The maximum Gasteiger partial charge on any atom is 0.416 e. The average molecular weight is 329 g/mol. The first kappa shape index (κ1) is 16.5. The van der Waals surface area contributed by atoms with Crippen LogP contribution in [0.5, 0.6) is 0 Å². The van der Waals surface area contributed by atoms with Gasteiger partial charge in [0.15, 0.2) is 0 Å². The molecule has 0 heterocycles. The number of halogens is 3. The highest BCUT2D eigenvalue weighted by molar-refractivity contribution is 5.86. The van der Waals surface area contributed by atoms with Crippen LogP contribution in [0.2, 0.25) is 0 Å². The quantitative estimate of drug-likeness (QED) is 0.646. The number of fused-ring (bicyclic) bond motifs is 1. The summed E-state index contributed by atoms with van der Waals surface area (Å²) in [5.74, 6) is 0. The fourth-order valence-corrected chi connectivity index (χ4v) is 2.87. The van der Waals surface area contributed by atoms with E-state index >= 15 is 0 Å². The van der Waals surface area contributed by atoms with Crippen LogP contribution in [0.25, 0.3) is 10.8 Å². The molecule has 0 saturated heterocycles. The molecule has 0 aliphatic carbocycles. The molecule has 0 amide bonds. The molecule has 0 saturated carbocycles. The molecule has 124 valence electrons. The summed E-state index contributed by atoms with van der Waals surface area (Å²) < 4.78 is 38.4. The van der Waals surface area contributed by atoms with E-state index in [2.05, 4.69) is 23.5 Å². The van der Waals surface area contributed by atoms with Gasteiger partial charge < -0.3 is 5.32 Å². The Hall–Kier alpha value is -2.33. The van der Waals surface area contributed by atoms with Crippen molar-refractivity contribution in [2.75, 3.05) is 0 Å². The van der Waals surface area contributed by atoms with Crippen LogP contribution < -0.4 is 5.32 Å². The first-order chi connectivity index (χ1) is 11.4. The molecule has 3 aromatic rings. The zero-order valence-corrected chi connectivity index (χ0v) is 13.3. The lowest BCUT2D eigenvalue weighted by atomic mass is 9.99. The second kappa shape index (κ2) is 6.65. The van der Waals surface area contributed by atoms with Crippen molar-refractivity contribution in [1.82, 2.24) is 5.32 Å². The molecule has 0 aliphatic rings. The van der Waals surface area contributed by atoms with Crippen LogP contribution in [0.1, 0.15) is 29.7 Å². The summed E-state index contributed by atoms with van der Waals surface area (Å²) in [5.41, 5.74) is 1.15. The smallest absolute Gasteiger partial charge is 0.306 e. The van der Waals surface area contributed by atoms with E-state index in [4.69, 9.17) is 0 Å². The molecule has 3 rings (SSSR count). The molecule has 1 N–H and O–H groups in total. The molecule has 4 heteroatoms. The maximum atomic E-state index is 12.8. The van der Waals surface area contributed by atoms with E-state index in [0.717, 1.165) is 22.4 Å². The third-order valence-corrected chi connectivity index (χ3v) is 4.16. The minimum Gasteiger partial charge on any atom is -0.306 e. The molecule has 0 radical (unpaired) electrons. The summed E-state index contributed by atoms with van der Waals surface area (Å²) in [7, 11) is 0. The van der Waals surface area contributed by atoms with Gasteiger partial charge >= 0.3 is 6.18 Å². The van der Waals surface area contributed by atoms with E-state index in [-0.39, 0.29) is 6.04 Å². The molecule has 24 heavy (non-hydrogen) atoms. The van der Waals surface area contributed by atoms with Gasteiger partial charge in [0.2, 0.25) is 0 Å². The van der Waals surface area contributed by atoms with E-state index in [1.807, 2.05) is 31.2 Å². The molecule has 3 aromatic carbocycles. The van der Waals surface area contributed by atoms with E-state index in [1.165, 1.54) is 12.1 Å². The van der Waals surface area contributed by atoms with E-state index in [9.17, 15) is 13.2 Å². The Bertz CT molecular complexity index is 834. The number of alkyl halides is 3. The lowest BCUT2D eigenvalue weighted by Crippen LogP contribution is -2.18. The molecular formula is C20H18F3N. The highest BCUT2D eigenvalue weighted by atomic mass is 19.4. The maximum absolute atomic E-state index is 12.8. The Morgan fingerprint density at radius 2 is 1.62 bits per heavy atom. The van der Waals surface area contributed by atoms with Crippen LogP contribution in [0.3, 0.4) is 0 Å². The lowest BCUT2D eigenvalue weighted by molar-refractivity contribution is -0.137. The van der Waals surface area contributed by atoms with Crippen molar-refractivity contribution < 1.29 is 13.2 Å². The Labute approximate surface area is 139 Å². The van der Waals surface area contributed by atoms with Crippen molar-refractivity contribution >= 4 is 10.8 Å². The van der Waals surface area contributed by atoms with E-state index in [0.29, 0.717) is 12.1 Å². The third-order valence-electron chi connectivity index (χ3n) is 4.16. The van der Waals surface area contributed by atoms with E-state index in [1.54, 1.807) is 6.07 Å². The summed E-state index contributed by atoms with van der Waals surface area (Å²) in [6, 6.07) is 19.7. The predicted octanol–water partition coefficient (Wildman–Crippen LogP) is 5.71. The largest absolute Gasteiger partial charge is 0.416 e. The number of rotatable bonds is 4. The summed E-state index contributed by atoms with van der Waals surface area (Å²) >= 11 is 0. The third kappa shape index (κ3) is 3.60. The van der Waals surface area contributed by atoms with Crippen molar-refractivity contribution in [3.63, 3.8) is 0 Å². The molecule has 1 nitrogen and oxygen atoms in total. The first-order valence-electron chi connectivity index (χ1n) is 7.82. The van der Waals surface area contributed by atoms with Gasteiger partial charge in [0, 0.05) is 12.6 Å². The Morgan fingerprint density at radius 3 is 2.42 bits per heavy atom. The van der Waals surface area contributed by atoms with Crippen LogP contribution in [0, 0.1) is 0 Å². The monoisotopic (exact) mass is 329 g/mol. The van der Waals surface area contributed by atoms with Crippen LogP contribution in [-0.4, -0.2) is 0 Å². The van der Waals surface area contributed by atoms with Gasteiger partial charge in [-0.15, -0.1) is 0 Å². The Morgan fingerprint density at radius 1 is 0.917 bits per heavy atom. The Balaban J connectivity index is 1.77. The fourth-order valence-electron chi connectivity index (χ4n) is 2.87. The minimum absolute atomic E-state index is 0.0330. The normalized spacial score (nSPS) is 13.2. The van der Waals surface area contributed by atoms with Gasteiger partial charge in [-0.2, -0.15) is 13.2 Å². The topological polar surface area (TPSA) is 12.0 Å². The highest BCUT2D eigenvalue weighted by Crippen LogP contribution is 2.30. The summed E-state index contributed by atoms with van der Waals surface area (Å²) in [6.07, 6.45) is -4.31. The van der Waals surface area contributed by atoms with Crippen LogP contribution in [-0.2, 0) is 12.7 Å². The molecule has 0 spiro atoms. The first-order valence-corrected chi connectivity index (χ1v) is 7.82. The van der Waals surface area contributed by atoms with Crippen LogP contribution in [0.15, 0.2) is 66.7 Å². The van der Waals surface area contributed by atoms with Crippen molar-refractivity contribution in [2.45, 2.75) is 25.7 Å². The standard InChI is InChI=1S/C20H18F3N/c1-14(18-11-5-8-16-7-2-3-10-19(16)18)24-13-15-6-4-9-17(12-15)20(21,22)23/h2-12,14,24H,13H2,1H3. The predicted molar refractivity (Wildman–Crippen MR) is 90.6 cm³/mol. The fraction of sp³-hybridized carbons (Fsp3) is 0.200. The number of hydrogen-bond donors (Lipinski definition) is 1. The van der Waals surface area contributed by atoms with Gasteiger partial charge in [0.1, 0.15) is 0 Å². The van der Waals surface area contributed by atoms with Gasteiger partial charge in [-0.05, 0) is 34.9 Å². The van der Waals surface area contributed by atoms with Crippen molar-refractivity contribution in [3.05, 3.63) is 83.4 Å². The molecule has 1 unspecified atom stereocenters. The Kier molecular flexibility index (Phi) is 4.58. The van der Waals surface area contributed by atoms with E-state index < -0.39 is 11.7 Å². The molecule has 0 bridgehead atoms. The van der Waals surface area contributed by atoms with Gasteiger partial charge in [-0.1, -0.05) is 60.7 Å². The highest BCUT2D eigenvalue weighted by Gasteiger charge is 2.30. The minimum atomic E-state index is -4.31. The van der Waals surface area contributed by atoms with Crippen molar-refractivity contribution in [3.8, 4) is 0 Å². The number of nitrogens with one attached hydrogen (secondary N) is 1. The van der Waals surface area contributed by atoms with Crippen molar-refractivity contribution in [2.24, 2.45) is 0 Å². The summed E-state index contributed by atoms with van der Waals surface area (Å²) in [4.78, 5) is 0. The molecular weight excluding hydrogens is 311 g/mol. The lowest BCUT2D eigenvalue weighted by Gasteiger charge is -2.17. The van der Waals surface area contributed by atoms with Gasteiger partial charge in [0.05, 0.1) is 5.56 Å². The molecule has 0 aromatic heterocycles. The van der Waals surface area contributed by atoms with Gasteiger partial charge in [0.25, 0.3) is 0 Å². The average Bonchev–Trinajstić information content (AvgIpc) is 2.58. The number of benzene rings is 3.